The van der Waals surface area contributed by atoms with Crippen LogP contribution in [0.3, 0.4) is 0 Å². The van der Waals surface area contributed by atoms with Gasteiger partial charge in [0.25, 0.3) is 5.91 Å². The van der Waals surface area contributed by atoms with E-state index in [0.717, 1.165) is 6.42 Å². The molecule has 0 spiro atoms. The largest absolute Gasteiger partial charge is 0.345 e. The van der Waals surface area contributed by atoms with Crippen LogP contribution in [-0.2, 0) is 10.2 Å². The molecule has 2 amide bonds. The maximum Gasteiger partial charge on any atom is 0.252 e. The van der Waals surface area contributed by atoms with Crippen LogP contribution in [0, 0.1) is 39.9 Å². The van der Waals surface area contributed by atoms with Crippen LogP contribution in [0.5, 0.6) is 0 Å². The summed E-state index contributed by atoms with van der Waals surface area (Å²) in [4.78, 5) is 23.4. The van der Waals surface area contributed by atoms with Crippen LogP contribution in [0.25, 0.3) is 0 Å². The highest BCUT2D eigenvalue weighted by Crippen LogP contribution is 2.22. The summed E-state index contributed by atoms with van der Waals surface area (Å²) >= 11 is 0. The minimum absolute atomic E-state index is 0. The molecule has 0 aromatic heterocycles. The normalized spacial score (nSPS) is 10.9. The third kappa shape index (κ3) is 22.5. The zero-order chi connectivity index (χ0) is 28.2. The summed E-state index contributed by atoms with van der Waals surface area (Å²) in [7, 11) is 0. The van der Waals surface area contributed by atoms with Crippen molar-refractivity contribution in [3.63, 3.8) is 0 Å². The molecule has 4 heteroatoms. The first kappa shape index (κ1) is 39.8. The van der Waals surface area contributed by atoms with Crippen LogP contribution in [0.2, 0.25) is 0 Å². The number of hydrogen-bond donors (Lipinski definition) is 2. The number of rotatable bonds is 5. The lowest BCUT2D eigenvalue weighted by Crippen LogP contribution is -2.25. The molecule has 0 atom stereocenters. The Kier molecular flexibility index (Phi) is 17.8. The van der Waals surface area contributed by atoms with Crippen molar-refractivity contribution in [1.82, 2.24) is 10.6 Å². The van der Waals surface area contributed by atoms with Crippen LogP contribution in [0.15, 0.2) is 24.3 Å². The molecular weight excluding hydrogens is 468 g/mol. The highest BCUT2D eigenvalue weighted by Gasteiger charge is 2.14. The van der Waals surface area contributed by atoms with Crippen LogP contribution >= 0.6 is 0 Å². The molecule has 1 rings (SSSR count). The molecule has 0 aliphatic heterocycles. The maximum absolute atomic E-state index is 12.0. The van der Waals surface area contributed by atoms with E-state index in [1.165, 1.54) is 5.56 Å². The van der Waals surface area contributed by atoms with Gasteiger partial charge in [0.2, 0.25) is 5.91 Å². The first-order chi connectivity index (χ1) is 16.2. The minimum Gasteiger partial charge on any atom is -0.345 e. The van der Waals surface area contributed by atoms with E-state index in [1.807, 2.05) is 45.0 Å². The number of carbonyl (C=O) groups is 2. The quantitative estimate of drug-likeness (QED) is 0.382. The number of hydrogen-bond acceptors (Lipinski definition) is 2. The molecule has 4 nitrogen and oxygen atoms in total. The summed E-state index contributed by atoms with van der Waals surface area (Å²) in [6.07, 6.45) is 1.49. The molecule has 0 unspecified atom stereocenters. The Labute approximate surface area is 236 Å². The molecule has 0 aliphatic carbocycles. The molecule has 0 aliphatic rings. The fourth-order valence-electron chi connectivity index (χ4n) is 2.69. The van der Waals surface area contributed by atoms with E-state index in [9.17, 15) is 9.59 Å². The molecular formula is C34H58N2O2. The smallest absolute Gasteiger partial charge is 0.252 e. The standard InChI is InChI=1S/C18H25NO.C14H25NO.2CH4/c1-17(2,3)12-7-13-19-16(20)14-8-10-15(11-9-14)18(4,5)6;1-13(2,3)9-7-11-15-12(16)8-10-14(4,5)6;;/h8-11H,13H2,1-6H3,(H,19,20);8,10-11H2,1-6H3,(H,15,16);2*1H4. The lowest BCUT2D eigenvalue weighted by molar-refractivity contribution is -0.121. The second-order valence-electron chi connectivity index (χ2n) is 13.5. The van der Waals surface area contributed by atoms with Gasteiger partial charge in [-0.1, -0.05) is 92.2 Å². The van der Waals surface area contributed by atoms with Gasteiger partial charge >= 0.3 is 0 Å². The lowest BCUT2D eigenvalue weighted by atomic mass is 9.87. The van der Waals surface area contributed by atoms with E-state index < -0.39 is 0 Å². The van der Waals surface area contributed by atoms with Gasteiger partial charge < -0.3 is 10.6 Å². The van der Waals surface area contributed by atoms with E-state index in [-0.39, 0.29) is 48.3 Å². The van der Waals surface area contributed by atoms with Gasteiger partial charge in [0, 0.05) is 22.8 Å². The molecule has 0 fully saturated rings. The van der Waals surface area contributed by atoms with Crippen molar-refractivity contribution >= 4 is 11.8 Å². The molecule has 0 radical (unpaired) electrons. The summed E-state index contributed by atoms with van der Waals surface area (Å²) in [6, 6.07) is 7.76. The average molecular weight is 527 g/mol. The van der Waals surface area contributed by atoms with E-state index in [4.69, 9.17) is 0 Å². The number of benzene rings is 1. The fraction of sp³-hybridized carbons (Fsp3) is 0.647. The Hall–Kier alpha value is -2.72. The van der Waals surface area contributed by atoms with Gasteiger partial charge in [-0.05, 0) is 76.5 Å². The van der Waals surface area contributed by atoms with E-state index in [1.54, 1.807) is 0 Å². The summed E-state index contributed by atoms with van der Waals surface area (Å²) < 4.78 is 0. The van der Waals surface area contributed by atoms with E-state index in [0.29, 0.717) is 25.1 Å². The summed E-state index contributed by atoms with van der Waals surface area (Å²) in [6.45, 7) is 26.0. The van der Waals surface area contributed by atoms with E-state index >= 15 is 0 Å². The fourth-order valence-corrected chi connectivity index (χ4v) is 2.69. The van der Waals surface area contributed by atoms with Crippen molar-refractivity contribution in [1.29, 1.82) is 0 Å². The third-order valence-electron chi connectivity index (χ3n) is 4.75. The molecule has 1 aromatic rings. The SMILES string of the molecule is C.C.CC(C)(C)C#CCNC(=O)CCC(C)(C)C.CC(C)(C)C#CCNC(=O)c1ccc(C(C)(C)C)cc1. The molecule has 0 heterocycles. The van der Waals surface area contributed by atoms with Gasteiger partial charge in [-0.25, -0.2) is 0 Å². The summed E-state index contributed by atoms with van der Waals surface area (Å²) in [5, 5.41) is 5.63. The van der Waals surface area contributed by atoms with Crippen molar-refractivity contribution in [2.24, 2.45) is 16.2 Å². The summed E-state index contributed by atoms with van der Waals surface area (Å²) in [5.74, 6) is 12.1. The van der Waals surface area contributed by atoms with Gasteiger partial charge in [-0.15, -0.1) is 0 Å². The number of carbonyl (C=O) groups excluding carboxylic acids is 2. The second kappa shape index (κ2) is 17.0. The van der Waals surface area contributed by atoms with Crippen molar-refractivity contribution in [3.05, 3.63) is 35.4 Å². The molecule has 1 aromatic carbocycles. The molecule has 216 valence electrons. The van der Waals surface area contributed by atoms with Crippen molar-refractivity contribution in [2.45, 2.75) is 116 Å². The Balaban J connectivity index is -0.000000628. The zero-order valence-electron chi connectivity index (χ0n) is 25.0. The highest BCUT2D eigenvalue weighted by molar-refractivity contribution is 5.94. The average Bonchev–Trinajstić information content (AvgIpc) is 2.71. The van der Waals surface area contributed by atoms with Gasteiger partial charge in [-0.3, -0.25) is 9.59 Å². The maximum atomic E-state index is 12.0. The zero-order valence-corrected chi connectivity index (χ0v) is 25.0. The second-order valence-corrected chi connectivity index (χ2v) is 13.5. The molecule has 0 bridgehead atoms. The Morgan fingerprint density at radius 1 is 0.684 bits per heavy atom. The molecule has 38 heavy (non-hydrogen) atoms. The number of nitrogens with one attached hydrogen (secondary N) is 2. The van der Waals surface area contributed by atoms with Crippen molar-refractivity contribution in [2.75, 3.05) is 13.1 Å². The molecule has 2 N–H and O–H groups in total. The predicted octanol–water partition coefficient (Wildman–Crippen LogP) is 8.01. The van der Waals surface area contributed by atoms with Gasteiger partial charge in [-0.2, -0.15) is 0 Å². The van der Waals surface area contributed by atoms with E-state index in [2.05, 4.69) is 96.6 Å². The topological polar surface area (TPSA) is 58.2 Å². The summed E-state index contributed by atoms with van der Waals surface area (Å²) in [5.41, 5.74) is 2.20. The van der Waals surface area contributed by atoms with Gasteiger partial charge in [0.05, 0.1) is 13.1 Å². The highest BCUT2D eigenvalue weighted by atomic mass is 16.2. The Bertz CT molecular complexity index is 953. The Morgan fingerprint density at radius 3 is 1.47 bits per heavy atom. The first-order valence-electron chi connectivity index (χ1n) is 12.9. The molecule has 0 saturated carbocycles. The van der Waals surface area contributed by atoms with Gasteiger partial charge in [0.15, 0.2) is 0 Å². The number of amides is 2. The first-order valence-corrected chi connectivity index (χ1v) is 12.9. The van der Waals surface area contributed by atoms with Crippen LogP contribution in [0.4, 0.5) is 0 Å². The van der Waals surface area contributed by atoms with Crippen molar-refractivity contribution < 1.29 is 9.59 Å². The van der Waals surface area contributed by atoms with Crippen molar-refractivity contribution in [3.8, 4) is 23.7 Å². The third-order valence-corrected chi connectivity index (χ3v) is 4.75. The van der Waals surface area contributed by atoms with Gasteiger partial charge in [0.1, 0.15) is 0 Å². The minimum atomic E-state index is -0.0753. The van der Waals surface area contributed by atoms with Crippen LogP contribution in [-0.4, -0.2) is 24.9 Å². The Morgan fingerprint density at radius 2 is 1.11 bits per heavy atom. The lowest BCUT2D eigenvalue weighted by Gasteiger charge is -2.18. The molecule has 0 saturated heterocycles. The monoisotopic (exact) mass is 526 g/mol. The van der Waals surface area contributed by atoms with Crippen LogP contribution in [0.1, 0.15) is 127 Å². The van der Waals surface area contributed by atoms with Crippen LogP contribution < -0.4 is 10.6 Å². The predicted molar refractivity (Wildman–Crippen MR) is 167 cm³/mol.